The number of hydrogen-bond acceptors (Lipinski definition) is 2. The topological polar surface area (TPSA) is 49.4 Å². The molecule has 0 radical (unpaired) electrons. The Labute approximate surface area is 154 Å². The van der Waals surface area contributed by atoms with E-state index in [1.807, 2.05) is 35.2 Å². The van der Waals surface area contributed by atoms with Crippen LogP contribution in [0.15, 0.2) is 54.6 Å². The highest BCUT2D eigenvalue weighted by atomic mass is 16.2. The number of rotatable bonds is 6. The van der Waals surface area contributed by atoms with Gasteiger partial charge >= 0.3 is 0 Å². The molecule has 0 aromatic heterocycles. The highest BCUT2D eigenvalue weighted by Gasteiger charge is 2.43. The Morgan fingerprint density at radius 3 is 2.31 bits per heavy atom. The van der Waals surface area contributed by atoms with Gasteiger partial charge in [0.05, 0.1) is 0 Å². The van der Waals surface area contributed by atoms with Gasteiger partial charge in [0.25, 0.3) is 0 Å². The Balaban J connectivity index is 1.16. The number of carbonyl (C=O) groups is 2. The van der Waals surface area contributed by atoms with Crippen molar-refractivity contribution in [3.63, 3.8) is 0 Å². The minimum absolute atomic E-state index is 0.0983. The number of benzene rings is 2. The van der Waals surface area contributed by atoms with Gasteiger partial charge in [-0.3, -0.25) is 9.59 Å². The second-order valence-electron chi connectivity index (χ2n) is 7.27. The van der Waals surface area contributed by atoms with Gasteiger partial charge in [0.15, 0.2) is 0 Å². The van der Waals surface area contributed by atoms with Crippen LogP contribution in [0.2, 0.25) is 0 Å². The first kappa shape index (κ1) is 16.8. The first-order valence-electron chi connectivity index (χ1n) is 9.39. The van der Waals surface area contributed by atoms with Gasteiger partial charge in [-0.2, -0.15) is 0 Å². The van der Waals surface area contributed by atoms with Crippen molar-refractivity contribution in [3.05, 3.63) is 71.3 Å². The first-order chi connectivity index (χ1) is 12.7. The average molecular weight is 348 g/mol. The highest BCUT2D eigenvalue weighted by molar-refractivity contribution is 5.83. The van der Waals surface area contributed by atoms with Crippen molar-refractivity contribution >= 4 is 11.8 Å². The lowest BCUT2D eigenvalue weighted by molar-refractivity contribution is -0.132. The van der Waals surface area contributed by atoms with Crippen LogP contribution in [0.5, 0.6) is 0 Å². The van der Waals surface area contributed by atoms with Crippen molar-refractivity contribution in [3.8, 4) is 0 Å². The Hall–Kier alpha value is -2.62. The lowest BCUT2D eigenvalue weighted by Crippen LogP contribution is -2.29. The first-order valence-corrected chi connectivity index (χ1v) is 9.39. The summed E-state index contributed by atoms with van der Waals surface area (Å²) in [5.41, 5.74) is 3.74. The predicted molar refractivity (Wildman–Crippen MR) is 100 cm³/mol. The zero-order valence-electron chi connectivity index (χ0n) is 14.9. The van der Waals surface area contributed by atoms with Crippen molar-refractivity contribution in [2.75, 3.05) is 6.54 Å². The van der Waals surface area contributed by atoms with Crippen LogP contribution in [0, 0.1) is 5.92 Å². The van der Waals surface area contributed by atoms with Crippen LogP contribution in [-0.4, -0.2) is 23.3 Å². The molecule has 0 spiro atoms. The number of amides is 2. The summed E-state index contributed by atoms with van der Waals surface area (Å²) in [6, 6.07) is 18.4. The minimum Gasteiger partial charge on any atom is -0.356 e. The van der Waals surface area contributed by atoms with E-state index in [1.54, 1.807) is 0 Å². The molecule has 0 unspecified atom stereocenters. The quantitative estimate of drug-likeness (QED) is 0.815. The molecule has 4 heteroatoms. The highest BCUT2D eigenvalue weighted by Crippen LogP contribution is 2.47. The van der Waals surface area contributed by atoms with E-state index in [-0.39, 0.29) is 17.7 Å². The molecule has 134 valence electrons. The molecule has 1 aliphatic heterocycles. The van der Waals surface area contributed by atoms with Crippen molar-refractivity contribution in [1.82, 2.24) is 10.2 Å². The summed E-state index contributed by atoms with van der Waals surface area (Å²) >= 11 is 0. The van der Waals surface area contributed by atoms with Crippen LogP contribution >= 0.6 is 0 Å². The van der Waals surface area contributed by atoms with Crippen LogP contribution in [0.3, 0.4) is 0 Å². The molecule has 26 heavy (non-hydrogen) atoms. The molecule has 0 saturated heterocycles. The van der Waals surface area contributed by atoms with E-state index < -0.39 is 0 Å². The summed E-state index contributed by atoms with van der Waals surface area (Å²) in [6.07, 6.45) is 2.11. The molecule has 1 N–H and O–H groups in total. The summed E-state index contributed by atoms with van der Waals surface area (Å²) in [5.74, 6) is 0.756. The Bertz CT molecular complexity index is 778. The minimum atomic E-state index is 0.0983. The summed E-state index contributed by atoms with van der Waals surface area (Å²) in [6.45, 7) is 1.99. The molecule has 2 aromatic carbocycles. The maximum Gasteiger partial charge on any atom is 0.223 e. The largest absolute Gasteiger partial charge is 0.356 e. The van der Waals surface area contributed by atoms with Gasteiger partial charge in [-0.25, -0.2) is 0 Å². The lowest BCUT2D eigenvalue weighted by Gasteiger charge is -2.15. The molecule has 4 rings (SSSR count). The summed E-state index contributed by atoms with van der Waals surface area (Å²) < 4.78 is 0. The Morgan fingerprint density at radius 1 is 0.962 bits per heavy atom. The number of nitrogens with zero attached hydrogens (tertiary/aromatic N) is 1. The van der Waals surface area contributed by atoms with E-state index >= 15 is 0 Å². The van der Waals surface area contributed by atoms with Gasteiger partial charge in [0.1, 0.15) is 0 Å². The van der Waals surface area contributed by atoms with Crippen molar-refractivity contribution in [2.24, 2.45) is 5.92 Å². The van der Waals surface area contributed by atoms with E-state index in [1.165, 1.54) is 16.7 Å². The molecule has 2 amide bonds. The van der Waals surface area contributed by atoms with E-state index in [2.05, 4.69) is 29.6 Å². The average Bonchev–Trinajstić information content (AvgIpc) is 3.36. The molecule has 0 bridgehead atoms. The molecule has 1 saturated carbocycles. The van der Waals surface area contributed by atoms with Crippen LogP contribution in [0.25, 0.3) is 0 Å². The van der Waals surface area contributed by atoms with E-state index in [4.69, 9.17) is 0 Å². The summed E-state index contributed by atoms with van der Waals surface area (Å²) in [5, 5.41) is 3.00. The maximum atomic E-state index is 12.4. The second-order valence-corrected chi connectivity index (χ2v) is 7.27. The van der Waals surface area contributed by atoms with Gasteiger partial charge in [0.2, 0.25) is 11.8 Å². The fourth-order valence-electron chi connectivity index (χ4n) is 3.80. The van der Waals surface area contributed by atoms with Crippen molar-refractivity contribution in [1.29, 1.82) is 0 Å². The van der Waals surface area contributed by atoms with Crippen LogP contribution in [-0.2, 0) is 22.7 Å². The number of fused-ring (bicyclic) bond motifs is 1. The maximum absolute atomic E-state index is 12.4. The zero-order valence-corrected chi connectivity index (χ0v) is 14.9. The molecule has 2 aromatic rings. The third-order valence-corrected chi connectivity index (χ3v) is 5.42. The van der Waals surface area contributed by atoms with Gasteiger partial charge in [0, 0.05) is 32.0 Å². The molecule has 1 fully saturated rings. The molecule has 4 nitrogen and oxygen atoms in total. The smallest absolute Gasteiger partial charge is 0.223 e. The molecule has 2 aliphatic rings. The SMILES string of the molecule is O=C(NCCCC(=O)N1Cc2ccccc2C1)[C@@H]1C[C@H]1c1ccccc1. The van der Waals surface area contributed by atoms with Crippen LogP contribution in [0.1, 0.15) is 41.9 Å². The van der Waals surface area contributed by atoms with Crippen molar-refractivity contribution in [2.45, 2.75) is 38.3 Å². The van der Waals surface area contributed by atoms with Gasteiger partial charge in [-0.15, -0.1) is 0 Å². The molecular weight excluding hydrogens is 324 g/mol. The predicted octanol–water partition coefficient (Wildman–Crippen LogP) is 3.23. The van der Waals surface area contributed by atoms with Gasteiger partial charge in [-0.1, -0.05) is 54.6 Å². The number of nitrogens with one attached hydrogen (secondary N) is 1. The van der Waals surface area contributed by atoms with E-state index in [0.717, 1.165) is 6.42 Å². The zero-order chi connectivity index (χ0) is 17.9. The van der Waals surface area contributed by atoms with E-state index in [0.29, 0.717) is 38.4 Å². The Morgan fingerprint density at radius 2 is 1.62 bits per heavy atom. The second kappa shape index (κ2) is 7.32. The standard InChI is InChI=1S/C22H24N2O2/c25-21(24-14-17-9-4-5-10-18(17)15-24)11-6-12-23-22(26)20-13-19(20)16-7-2-1-3-8-16/h1-5,7-10,19-20H,6,11-15H2,(H,23,26)/t19-,20+/m0/s1. The third kappa shape index (κ3) is 3.64. The molecule has 1 heterocycles. The molecular formula is C22H24N2O2. The normalized spacial score (nSPS) is 20.5. The van der Waals surface area contributed by atoms with Crippen LogP contribution in [0.4, 0.5) is 0 Å². The van der Waals surface area contributed by atoms with Crippen LogP contribution < -0.4 is 5.32 Å². The molecule has 2 atom stereocenters. The molecule has 1 aliphatic carbocycles. The fraction of sp³-hybridized carbons (Fsp3) is 0.364. The summed E-state index contributed by atoms with van der Waals surface area (Å²) in [7, 11) is 0. The summed E-state index contributed by atoms with van der Waals surface area (Å²) in [4.78, 5) is 26.5. The third-order valence-electron chi connectivity index (χ3n) is 5.42. The lowest BCUT2D eigenvalue weighted by atomic mass is 10.1. The van der Waals surface area contributed by atoms with Crippen molar-refractivity contribution < 1.29 is 9.59 Å². The fourth-order valence-corrected chi connectivity index (χ4v) is 3.80. The van der Waals surface area contributed by atoms with E-state index in [9.17, 15) is 9.59 Å². The number of carbonyl (C=O) groups excluding carboxylic acids is 2. The Kier molecular flexibility index (Phi) is 4.74. The van der Waals surface area contributed by atoms with Gasteiger partial charge < -0.3 is 10.2 Å². The van der Waals surface area contributed by atoms with Gasteiger partial charge in [-0.05, 0) is 35.4 Å². The monoisotopic (exact) mass is 348 g/mol. The number of hydrogen-bond donors (Lipinski definition) is 1.